The maximum Gasteiger partial charge on any atom is 0.213 e. The minimum Gasteiger partial charge on any atom is -0.444 e. The van der Waals surface area contributed by atoms with Gasteiger partial charge in [-0.15, -0.1) is 0 Å². The Labute approximate surface area is 115 Å². The normalized spacial score (nSPS) is 10.3. The largest absolute Gasteiger partial charge is 0.444 e. The van der Waals surface area contributed by atoms with Gasteiger partial charge < -0.3 is 15.5 Å². The maximum atomic E-state index is 6.06. The van der Waals surface area contributed by atoms with E-state index in [1.54, 1.807) is 12.3 Å². The van der Waals surface area contributed by atoms with Gasteiger partial charge >= 0.3 is 0 Å². The number of anilines is 1. The van der Waals surface area contributed by atoms with Crippen molar-refractivity contribution < 1.29 is 4.42 Å². The molecule has 1 aromatic carbocycles. The van der Waals surface area contributed by atoms with E-state index in [9.17, 15) is 0 Å². The minimum atomic E-state index is 0.256. The van der Waals surface area contributed by atoms with E-state index in [1.165, 1.54) is 0 Å². The van der Waals surface area contributed by atoms with E-state index in [-0.39, 0.29) is 4.99 Å². The summed E-state index contributed by atoms with van der Waals surface area (Å²) in [5.74, 6) is 1.37. The molecule has 0 aliphatic rings. The molecule has 0 atom stereocenters. The van der Waals surface area contributed by atoms with Crippen LogP contribution in [0.2, 0.25) is 5.02 Å². The van der Waals surface area contributed by atoms with Gasteiger partial charge in [-0.1, -0.05) is 29.9 Å². The summed E-state index contributed by atoms with van der Waals surface area (Å²) in [6.07, 6.45) is 1.67. The number of aromatic nitrogens is 1. The predicted octanol–water partition coefficient (Wildman–Crippen LogP) is 2.88. The number of oxazole rings is 1. The Kier molecular flexibility index (Phi) is 3.84. The highest BCUT2D eigenvalue weighted by Gasteiger charge is 2.10. The third-order valence-electron chi connectivity index (χ3n) is 2.36. The number of hydrogen-bond acceptors (Lipinski definition) is 4. The van der Waals surface area contributed by atoms with Gasteiger partial charge in [-0.2, -0.15) is 0 Å². The topological polar surface area (TPSA) is 64.1 Å². The molecule has 1 heterocycles. The lowest BCUT2D eigenvalue weighted by Crippen LogP contribution is -2.14. The number of rotatable bonds is 4. The smallest absolute Gasteiger partial charge is 0.213 e. The van der Waals surface area contributed by atoms with Crippen LogP contribution < -0.4 is 11.1 Å². The van der Waals surface area contributed by atoms with E-state index in [1.807, 2.05) is 19.1 Å². The predicted molar refractivity (Wildman–Crippen MR) is 75.9 cm³/mol. The summed E-state index contributed by atoms with van der Waals surface area (Å²) in [6, 6.07) is 5.43. The van der Waals surface area contributed by atoms with Crippen LogP contribution in [-0.4, -0.2) is 9.97 Å². The standard InChI is InChI=1S/C12H12ClN3OS/c1-7-5-16-10(17-7)6-15-9-4-2-3-8(13)11(9)12(14)18/h2-5,15H,6H2,1H3,(H2,14,18). The molecule has 4 nitrogen and oxygen atoms in total. The SMILES string of the molecule is Cc1cnc(CNc2cccc(Cl)c2C(N)=S)o1. The van der Waals surface area contributed by atoms with Gasteiger partial charge in [-0.25, -0.2) is 4.98 Å². The fraction of sp³-hybridized carbons (Fsp3) is 0.167. The average molecular weight is 282 g/mol. The number of thiocarbonyl (C=S) groups is 1. The lowest BCUT2D eigenvalue weighted by atomic mass is 10.1. The van der Waals surface area contributed by atoms with Crippen LogP contribution in [0.3, 0.4) is 0 Å². The molecule has 0 saturated carbocycles. The highest BCUT2D eigenvalue weighted by atomic mass is 35.5. The Morgan fingerprint density at radius 2 is 2.33 bits per heavy atom. The van der Waals surface area contributed by atoms with Crippen molar-refractivity contribution in [1.82, 2.24) is 4.98 Å². The van der Waals surface area contributed by atoms with Gasteiger partial charge in [-0.05, 0) is 19.1 Å². The van der Waals surface area contributed by atoms with Crippen LogP contribution in [0.15, 0.2) is 28.8 Å². The van der Waals surface area contributed by atoms with E-state index in [0.29, 0.717) is 23.0 Å². The number of aryl methyl sites for hydroxylation is 1. The lowest BCUT2D eigenvalue weighted by Gasteiger charge is -2.11. The van der Waals surface area contributed by atoms with Crippen molar-refractivity contribution in [3.8, 4) is 0 Å². The van der Waals surface area contributed by atoms with Crippen molar-refractivity contribution in [2.75, 3.05) is 5.32 Å². The summed E-state index contributed by atoms with van der Waals surface area (Å²) in [7, 11) is 0. The first-order valence-electron chi connectivity index (χ1n) is 5.31. The molecule has 2 rings (SSSR count). The fourth-order valence-corrected chi connectivity index (χ4v) is 2.13. The van der Waals surface area contributed by atoms with E-state index in [0.717, 1.165) is 11.4 Å². The number of halogens is 1. The average Bonchev–Trinajstić information content (AvgIpc) is 2.72. The van der Waals surface area contributed by atoms with Gasteiger partial charge in [0.2, 0.25) is 5.89 Å². The van der Waals surface area contributed by atoms with Crippen molar-refractivity contribution in [3.63, 3.8) is 0 Å². The summed E-state index contributed by atoms with van der Waals surface area (Å²) in [5.41, 5.74) is 7.06. The quantitative estimate of drug-likeness (QED) is 0.844. The first kappa shape index (κ1) is 12.9. The molecule has 0 fully saturated rings. The molecule has 6 heteroatoms. The molecule has 0 bridgehead atoms. The molecule has 0 aliphatic heterocycles. The second-order valence-electron chi connectivity index (χ2n) is 3.74. The summed E-state index contributed by atoms with van der Waals surface area (Å²) in [6.45, 7) is 2.29. The summed E-state index contributed by atoms with van der Waals surface area (Å²) in [4.78, 5) is 4.36. The van der Waals surface area contributed by atoms with Gasteiger partial charge in [-0.3, -0.25) is 0 Å². The summed E-state index contributed by atoms with van der Waals surface area (Å²) in [5, 5.41) is 3.68. The van der Waals surface area contributed by atoms with Gasteiger partial charge in [0.05, 0.1) is 23.3 Å². The van der Waals surface area contributed by atoms with Gasteiger partial charge in [0.25, 0.3) is 0 Å². The molecule has 0 saturated heterocycles. The second kappa shape index (κ2) is 5.37. The number of nitrogens with two attached hydrogens (primary N) is 1. The first-order valence-corrected chi connectivity index (χ1v) is 6.10. The zero-order chi connectivity index (χ0) is 13.1. The van der Waals surface area contributed by atoms with E-state index in [2.05, 4.69) is 10.3 Å². The van der Waals surface area contributed by atoms with Gasteiger partial charge in [0.15, 0.2) is 0 Å². The highest BCUT2D eigenvalue weighted by Crippen LogP contribution is 2.24. The molecule has 0 radical (unpaired) electrons. The molecule has 18 heavy (non-hydrogen) atoms. The van der Waals surface area contributed by atoms with Crippen LogP contribution in [0.1, 0.15) is 17.2 Å². The Morgan fingerprint density at radius 3 is 2.94 bits per heavy atom. The highest BCUT2D eigenvalue weighted by molar-refractivity contribution is 7.80. The number of benzene rings is 1. The molecule has 94 valence electrons. The van der Waals surface area contributed by atoms with Crippen LogP contribution in [0.5, 0.6) is 0 Å². The Bertz CT molecular complexity index is 582. The van der Waals surface area contributed by atoms with E-state index < -0.39 is 0 Å². The first-order chi connectivity index (χ1) is 8.58. The molecule has 0 amide bonds. The number of nitrogens with zero attached hydrogens (tertiary/aromatic N) is 1. The second-order valence-corrected chi connectivity index (χ2v) is 4.59. The van der Waals surface area contributed by atoms with Crippen molar-refractivity contribution in [1.29, 1.82) is 0 Å². The van der Waals surface area contributed by atoms with E-state index in [4.69, 9.17) is 34.0 Å². The maximum absolute atomic E-state index is 6.06. The monoisotopic (exact) mass is 281 g/mol. The third kappa shape index (κ3) is 2.80. The Balaban J connectivity index is 2.19. The van der Waals surface area contributed by atoms with Gasteiger partial charge in [0, 0.05) is 5.69 Å². The Hall–Kier alpha value is -1.59. The fourth-order valence-electron chi connectivity index (χ4n) is 1.58. The minimum absolute atomic E-state index is 0.256. The molecular weight excluding hydrogens is 270 g/mol. The summed E-state index contributed by atoms with van der Waals surface area (Å²) < 4.78 is 5.37. The summed E-state index contributed by atoms with van der Waals surface area (Å²) >= 11 is 11.1. The molecule has 0 unspecified atom stereocenters. The van der Waals surface area contributed by atoms with Crippen LogP contribution in [0.25, 0.3) is 0 Å². The van der Waals surface area contributed by atoms with Crippen LogP contribution in [0, 0.1) is 6.92 Å². The molecule has 0 spiro atoms. The van der Waals surface area contributed by atoms with E-state index >= 15 is 0 Å². The molecule has 2 aromatic rings. The number of hydrogen-bond donors (Lipinski definition) is 2. The van der Waals surface area contributed by atoms with Crippen LogP contribution in [-0.2, 0) is 6.54 Å². The van der Waals surface area contributed by atoms with Crippen molar-refractivity contribution >= 4 is 34.5 Å². The molecular formula is C12H12ClN3OS. The molecule has 0 aliphatic carbocycles. The number of nitrogens with one attached hydrogen (secondary N) is 1. The van der Waals surface area contributed by atoms with Crippen LogP contribution in [0.4, 0.5) is 5.69 Å². The zero-order valence-electron chi connectivity index (χ0n) is 9.74. The lowest BCUT2D eigenvalue weighted by molar-refractivity contribution is 0.479. The molecule has 1 aromatic heterocycles. The molecule has 3 N–H and O–H groups in total. The van der Waals surface area contributed by atoms with Crippen molar-refractivity contribution in [2.24, 2.45) is 5.73 Å². The van der Waals surface area contributed by atoms with Crippen molar-refractivity contribution in [3.05, 3.63) is 46.6 Å². The van der Waals surface area contributed by atoms with Crippen LogP contribution >= 0.6 is 23.8 Å². The third-order valence-corrected chi connectivity index (χ3v) is 2.88. The Morgan fingerprint density at radius 1 is 1.56 bits per heavy atom. The van der Waals surface area contributed by atoms with Crippen molar-refractivity contribution in [2.45, 2.75) is 13.5 Å². The zero-order valence-corrected chi connectivity index (χ0v) is 11.3. The van der Waals surface area contributed by atoms with Gasteiger partial charge in [0.1, 0.15) is 10.7 Å².